The summed E-state index contributed by atoms with van der Waals surface area (Å²) < 4.78 is 10.7. The smallest absolute Gasteiger partial charge is 0.317 e. The predicted molar refractivity (Wildman–Crippen MR) is 92.0 cm³/mol. The van der Waals surface area contributed by atoms with Gasteiger partial charge in [0, 0.05) is 31.0 Å². The van der Waals surface area contributed by atoms with Crippen LogP contribution in [0.3, 0.4) is 0 Å². The van der Waals surface area contributed by atoms with Gasteiger partial charge in [0.05, 0.1) is 18.7 Å². The zero-order valence-corrected chi connectivity index (χ0v) is 14.3. The summed E-state index contributed by atoms with van der Waals surface area (Å²) in [5.74, 6) is 2.07. The second-order valence-corrected chi connectivity index (χ2v) is 6.42. The first-order valence-corrected chi connectivity index (χ1v) is 8.50. The molecule has 26 heavy (non-hydrogen) atoms. The molecule has 1 aliphatic rings. The number of hydrogen-bond acceptors (Lipinski definition) is 6. The van der Waals surface area contributed by atoms with E-state index in [1.165, 1.54) is 0 Å². The molecule has 4 heterocycles. The molecule has 2 amide bonds. The van der Waals surface area contributed by atoms with Gasteiger partial charge in [0.1, 0.15) is 5.76 Å². The van der Waals surface area contributed by atoms with Crippen molar-refractivity contribution in [1.82, 2.24) is 25.3 Å². The van der Waals surface area contributed by atoms with Crippen molar-refractivity contribution >= 4 is 6.03 Å². The lowest BCUT2D eigenvalue weighted by Gasteiger charge is -2.16. The first kappa shape index (κ1) is 16.3. The van der Waals surface area contributed by atoms with Crippen LogP contribution >= 0.6 is 0 Å². The lowest BCUT2D eigenvalue weighted by molar-refractivity contribution is 0.205. The van der Waals surface area contributed by atoms with Gasteiger partial charge in [-0.25, -0.2) is 4.79 Å². The number of hydrogen-bond donors (Lipinski definition) is 1. The Balaban J connectivity index is 1.41. The van der Waals surface area contributed by atoms with Crippen molar-refractivity contribution in [3.63, 3.8) is 0 Å². The van der Waals surface area contributed by atoms with Gasteiger partial charge in [0.15, 0.2) is 0 Å². The minimum Gasteiger partial charge on any atom is -0.467 e. The minimum atomic E-state index is -0.121. The maximum atomic E-state index is 12.4. The standard InChI is InChI=1S/C18H19N5O3/c1-12-10-23(18(24)20-9-14-3-2-8-25-14)11-15(12)17-21-16(22-26-17)13-4-6-19-7-5-13/h2-8,12,15H,9-11H2,1H3,(H,20,24)/t12-,15-/m1/s1. The van der Waals surface area contributed by atoms with Crippen molar-refractivity contribution < 1.29 is 13.7 Å². The summed E-state index contributed by atoms with van der Waals surface area (Å²) in [6.45, 7) is 3.64. The number of likely N-dealkylation sites (tertiary alicyclic amines) is 1. The van der Waals surface area contributed by atoms with E-state index in [9.17, 15) is 4.79 Å². The Morgan fingerprint density at radius 3 is 2.92 bits per heavy atom. The highest BCUT2D eigenvalue weighted by Crippen LogP contribution is 2.32. The molecule has 1 fully saturated rings. The van der Waals surface area contributed by atoms with Gasteiger partial charge in [-0.2, -0.15) is 4.98 Å². The van der Waals surface area contributed by atoms with E-state index < -0.39 is 0 Å². The third-order valence-electron chi connectivity index (χ3n) is 4.59. The normalized spacial score (nSPS) is 19.7. The third-order valence-corrected chi connectivity index (χ3v) is 4.59. The molecule has 0 unspecified atom stereocenters. The molecule has 8 heteroatoms. The fraction of sp³-hybridized carbons (Fsp3) is 0.333. The van der Waals surface area contributed by atoms with Gasteiger partial charge < -0.3 is 19.2 Å². The predicted octanol–water partition coefficient (Wildman–Crippen LogP) is 2.67. The van der Waals surface area contributed by atoms with E-state index >= 15 is 0 Å². The van der Waals surface area contributed by atoms with Gasteiger partial charge in [-0.1, -0.05) is 12.1 Å². The van der Waals surface area contributed by atoms with Crippen LogP contribution in [0.5, 0.6) is 0 Å². The largest absolute Gasteiger partial charge is 0.467 e. The number of urea groups is 1. The third kappa shape index (κ3) is 3.30. The second-order valence-electron chi connectivity index (χ2n) is 6.42. The van der Waals surface area contributed by atoms with Gasteiger partial charge in [-0.05, 0) is 30.2 Å². The number of nitrogens with one attached hydrogen (secondary N) is 1. The molecular weight excluding hydrogens is 334 g/mol. The summed E-state index contributed by atoms with van der Waals surface area (Å²) in [6, 6.07) is 7.17. The Bertz CT molecular complexity index is 862. The molecule has 4 rings (SSSR count). The molecule has 1 saturated heterocycles. The maximum Gasteiger partial charge on any atom is 0.317 e. The molecule has 1 aliphatic heterocycles. The van der Waals surface area contributed by atoms with Gasteiger partial charge in [-0.15, -0.1) is 0 Å². The highest BCUT2D eigenvalue weighted by Gasteiger charge is 2.37. The van der Waals surface area contributed by atoms with Crippen LogP contribution < -0.4 is 5.32 Å². The van der Waals surface area contributed by atoms with E-state index in [-0.39, 0.29) is 17.9 Å². The van der Waals surface area contributed by atoms with Crippen LogP contribution in [0.4, 0.5) is 4.79 Å². The summed E-state index contributed by atoms with van der Waals surface area (Å²) in [6.07, 6.45) is 4.97. The lowest BCUT2D eigenvalue weighted by atomic mass is 9.98. The first-order valence-electron chi connectivity index (χ1n) is 8.50. The van der Waals surface area contributed by atoms with Crippen molar-refractivity contribution in [1.29, 1.82) is 0 Å². The van der Waals surface area contributed by atoms with Gasteiger partial charge in [0.25, 0.3) is 0 Å². The molecule has 2 atom stereocenters. The average Bonchev–Trinajstić information content (AvgIpc) is 3.41. The number of pyridine rings is 1. The van der Waals surface area contributed by atoms with E-state index in [4.69, 9.17) is 8.94 Å². The van der Waals surface area contributed by atoms with Crippen molar-refractivity contribution in [2.75, 3.05) is 13.1 Å². The van der Waals surface area contributed by atoms with Crippen LogP contribution in [0.15, 0.2) is 51.9 Å². The van der Waals surface area contributed by atoms with Crippen LogP contribution in [0.25, 0.3) is 11.4 Å². The van der Waals surface area contributed by atoms with Crippen molar-refractivity contribution in [2.45, 2.75) is 19.4 Å². The summed E-state index contributed by atoms with van der Waals surface area (Å²) in [5.41, 5.74) is 0.855. The second kappa shape index (κ2) is 6.99. The number of amides is 2. The molecule has 134 valence electrons. The van der Waals surface area contributed by atoms with Crippen molar-refractivity contribution in [3.8, 4) is 11.4 Å². The molecule has 0 bridgehead atoms. The van der Waals surface area contributed by atoms with Crippen molar-refractivity contribution in [2.24, 2.45) is 5.92 Å². The lowest BCUT2D eigenvalue weighted by Crippen LogP contribution is -2.38. The summed E-state index contributed by atoms with van der Waals surface area (Å²) >= 11 is 0. The van der Waals surface area contributed by atoms with Crippen molar-refractivity contribution in [3.05, 3.63) is 54.6 Å². The molecule has 0 aliphatic carbocycles. The van der Waals surface area contributed by atoms with Crippen LogP contribution in [-0.2, 0) is 6.54 Å². The topological polar surface area (TPSA) is 97.3 Å². The van der Waals surface area contributed by atoms with Gasteiger partial charge in [-0.3, -0.25) is 4.98 Å². The zero-order chi connectivity index (χ0) is 17.9. The van der Waals surface area contributed by atoms with E-state index in [0.717, 1.165) is 11.3 Å². The van der Waals surface area contributed by atoms with Crippen LogP contribution in [0.2, 0.25) is 0 Å². The van der Waals surface area contributed by atoms with E-state index in [0.29, 0.717) is 31.3 Å². The first-order chi connectivity index (χ1) is 12.7. The number of nitrogens with zero attached hydrogens (tertiary/aromatic N) is 4. The average molecular weight is 353 g/mol. The molecular formula is C18H19N5O3. The minimum absolute atomic E-state index is 0.0208. The zero-order valence-electron chi connectivity index (χ0n) is 14.3. The molecule has 1 N–H and O–H groups in total. The Labute approximate surface area is 150 Å². The number of rotatable bonds is 4. The van der Waals surface area contributed by atoms with E-state index in [1.54, 1.807) is 29.6 Å². The molecule has 3 aromatic rings. The SMILES string of the molecule is C[C@@H]1CN(C(=O)NCc2ccco2)C[C@H]1c1nc(-c2ccncc2)no1. The van der Waals surface area contributed by atoms with E-state index in [1.807, 2.05) is 18.2 Å². The number of carbonyl (C=O) groups excluding carboxylic acids is 1. The van der Waals surface area contributed by atoms with Gasteiger partial charge >= 0.3 is 6.03 Å². The Morgan fingerprint density at radius 2 is 2.15 bits per heavy atom. The highest BCUT2D eigenvalue weighted by atomic mass is 16.5. The summed E-state index contributed by atoms with van der Waals surface area (Å²) in [5, 5.41) is 6.93. The summed E-state index contributed by atoms with van der Waals surface area (Å²) in [4.78, 5) is 22.7. The highest BCUT2D eigenvalue weighted by molar-refractivity contribution is 5.74. The molecule has 0 spiro atoms. The molecule has 8 nitrogen and oxygen atoms in total. The Morgan fingerprint density at radius 1 is 1.31 bits per heavy atom. The van der Waals surface area contributed by atoms with Crippen LogP contribution in [0.1, 0.15) is 24.5 Å². The molecule has 0 radical (unpaired) electrons. The summed E-state index contributed by atoms with van der Waals surface area (Å²) in [7, 11) is 0. The number of aromatic nitrogens is 3. The quantitative estimate of drug-likeness (QED) is 0.774. The van der Waals surface area contributed by atoms with Crippen LogP contribution in [-0.4, -0.2) is 39.1 Å². The Hall–Kier alpha value is -3.16. The van der Waals surface area contributed by atoms with Gasteiger partial charge in [0.2, 0.25) is 11.7 Å². The van der Waals surface area contributed by atoms with E-state index in [2.05, 4.69) is 27.4 Å². The fourth-order valence-corrected chi connectivity index (χ4v) is 3.15. The Kier molecular flexibility index (Phi) is 4.39. The fourth-order valence-electron chi connectivity index (χ4n) is 3.15. The maximum absolute atomic E-state index is 12.4. The molecule has 0 aromatic carbocycles. The molecule has 0 saturated carbocycles. The molecule has 3 aromatic heterocycles. The number of carbonyl (C=O) groups is 1. The van der Waals surface area contributed by atoms with Crippen LogP contribution in [0, 0.1) is 5.92 Å². The monoisotopic (exact) mass is 353 g/mol. The number of furan rings is 1.